The van der Waals surface area contributed by atoms with Gasteiger partial charge in [0.05, 0.1) is 36.9 Å². The molecule has 1 fully saturated rings. The van der Waals surface area contributed by atoms with Crippen LogP contribution >= 0.6 is 0 Å². The van der Waals surface area contributed by atoms with Crippen LogP contribution in [0.5, 0.6) is 11.5 Å². The number of rotatable bonds is 9. The van der Waals surface area contributed by atoms with Crippen LogP contribution < -0.4 is 20.1 Å². The highest BCUT2D eigenvalue weighted by Crippen LogP contribution is 2.28. The topological polar surface area (TPSA) is 137 Å². The van der Waals surface area contributed by atoms with Crippen molar-refractivity contribution in [2.45, 2.75) is 31.9 Å². The van der Waals surface area contributed by atoms with E-state index >= 15 is 0 Å². The van der Waals surface area contributed by atoms with Crippen LogP contribution in [0.25, 0.3) is 0 Å². The summed E-state index contributed by atoms with van der Waals surface area (Å²) >= 11 is 0. The second-order valence-electron chi connectivity index (χ2n) is 9.34. The van der Waals surface area contributed by atoms with Crippen LogP contribution in [-0.4, -0.2) is 65.4 Å². The lowest BCUT2D eigenvalue weighted by atomic mass is 10.1. The number of ether oxygens (including phenoxy) is 2. The summed E-state index contributed by atoms with van der Waals surface area (Å²) in [6, 6.07) is 17.8. The normalized spacial score (nSPS) is 16.4. The van der Waals surface area contributed by atoms with Crippen molar-refractivity contribution < 1.29 is 34.1 Å². The molecule has 3 amide bonds. The molecular formula is C29H31N3O7. The third-order valence-electron chi connectivity index (χ3n) is 6.52. The standard InChI is InChI=1S/C29H31N3O7/c1-18-5-3-4-6-24(18)30-29(37)31-25-12-7-19(13-26(25)38-2)14-27(34)32-16-22(33)15-21(32)17-39-23-10-8-20(9-11-23)28(35)36/h3-13,21-22,33H,14-17H2,1-2H3,(H,35,36)(H2,30,31,37)/t21-,22-/m0/s1. The maximum Gasteiger partial charge on any atom is 0.335 e. The van der Waals surface area contributed by atoms with Gasteiger partial charge in [-0.05, 0) is 66.9 Å². The average molecular weight is 534 g/mol. The zero-order chi connectivity index (χ0) is 27.9. The predicted molar refractivity (Wildman–Crippen MR) is 146 cm³/mol. The van der Waals surface area contributed by atoms with Gasteiger partial charge < -0.3 is 35.2 Å². The number of anilines is 2. The highest BCUT2D eigenvalue weighted by Gasteiger charge is 2.34. The molecule has 204 valence electrons. The summed E-state index contributed by atoms with van der Waals surface area (Å²) in [5.41, 5.74) is 2.92. The maximum atomic E-state index is 13.2. The smallest absolute Gasteiger partial charge is 0.335 e. The van der Waals surface area contributed by atoms with Gasteiger partial charge in [0.15, 0.2) is 0 Å². The van der Waals surface area contributed by atoms with E-state index in [1.807, 2.05) is 31.2 Å². The SMILES string of the molecule is COc1cc(CC(=O)N2C[C@@H](O)C[C@H]2COc2ccc(C(=O)O)cc2)ccc1NC(=O)Nc1ccccc1C. The number of carbonyl (C=O) groups is 3. The third kappa shape index (κ3) is 7.05. The molecule has 0 aromatic heterocycles. The molecule has 4 N–H and O–H groups in total. The number of likely N-dealkylation sites (tertiary alicyclic amines) is 1. The number of amides is 3. The van der Waals surface area contributed by atoms with Crippen LogP contribution in [0.4, 0.5) is 16.2 Å². The number of urea groups is 1. The minimum atomic E-state index is -1.02. The lowest BCUT2D eigenvalue weighted by Crippen LogP contribution is -2.40. The highest BCUT2D eigenvalue weighted by atomic mass is 16.5. The molecule has 0 saturated carbocycles. The maximum absolute atomic E-state index is 13.2. The van der Waals surface area contributed by atoms with Gasteiger partial charge in [-0.2, -0.15) is 0 Å². The van der Waals surface area contributed by atoms with Gasteiger partial charge >= 0.3 is 12.0 Å². The summed E-state index contributed by atoms with van der Waals surface area (Å²) in [5.74, 6) is -0.316. The quantitative estimate of drug-likeness (QED) is 0.327. The summed E-state index contributed by atoms with van der Waals surface area (Å²) in [5, 5.41) is 24.8. The monoisotopic (exact) mass is 533 g/mol. The second kappa shape index (κ2) is 12.3. The second-order valence-corrected chi connectivity index (χ2v) is 9.34. The fourth-order valence-electron chi connectivity index (χ4n) is 4.46. The molecule has 3 aromatic rings. The number of carbonyl (C=O) groups excluding carboxylic acids is 2. The van der Waals surface area contributed by atoms with Gasteiger partial charge in [0, 0.05) is 12.2 Å². The first-order valence-corrected chi connectivity index (χ1v) is 12.5. The van der Waals surface area contributed by atoms with Crippen molar-refractivity contribution in [1.82, 2.24) is 4.90 Å². The number of carboxylic acid groups (broad SMARTS) is 1. The van der Waals surface area contributed by atoms with Gasteiger partial charge in [0.25, 0.3) is 0 Å². The summed E-state index contributed by atoms with van der Waals surface area (Å²) in [6.07, 6.45) is -0.214. The Morgan fingerprint density at radius 2 is 1.72 bits per heavy atom. The number of nitrogens with zero attached hydrogens (tertiary/aromatic N) is 1. The van der Waals surface area contributed by atoms with Crippen molar-refractivity contribution in [3.8, 4) is 11.5 Å². The fraction of sp³-hybridized carbons (Fsp3) is 0.276. The molecule has 1 saturated heterocycles. The Morgan fingerprint density at radius 3 is 2.41 bits per heavy atom. The summed E-state index contributed by atoms with van der Waals surface area (Å²) in [4.78, 5) is 38.3. The van der Waals surface area contributed by atoms with Gasteiger partial charge in [-0.15, -0.1) is 0 Å². The molecule has 10 nitrogen and oxygen atoms in total. The lowest BCUT2D eigenvalue weighted by Gasteiger charge is -2.25. The van der Waals surface area contributed by atoms with Crippen molar-refractivity contribution in [2.24, 2.45) is 0 Å². The first-order chi connectivity index (χ1) is 18.7. The number of aryl methyl sites for hydroxylation is 1. The number of para-hydroxylation sites is 1. The molecule has 0 unspecified atom stereocenters. The molecule has 10 heteroatoms. The van der Waals surface area contributed by atoms with E-state index in [9.17, 15) is 19.5 Å². The van der Waals surface area contributed by atoms with Gasteiger partial charge in [-0.3, -0.25) is 4.79 Å². The molecule has 1 aliphatic rings. The summed E-state index contributed by atoms with van der Waals surface area (Å²) < 4.78 is 11.2. The van der Waals surface area contributed by atoms with Gasteiger partial charge in [0.1, 0.15) is 18.1 Å². The number of aliphatic hydroxyl groups is 1. The van der Waals surface area contributed by atoms with Crippen molar-refractivity contribution in [1.29, 1.82) is 0 Å². The van der Waals surface area contributed by atoms with Crippen molar-refractivity contribution in [2.75, 3.05) is 30.9 Å². The highest BCUT2D eigenvalue weighted by molar-refractivity contribution is 6.01. The van der Waals surface area contributed by atoms with Crippen LogP contribution in [0.3, 0.4) is 0 Å². The van der Waals surface area contributed by atoms with E-state index in [1.165, 1.54) is 19.2 Å². The Hall–Kier alpha value is -4.57. The Kier molecular flexibility index (Phi) is 8.67. The van der Waals surface area contributed by atoms with Crippen LogP contribution in [0.15, 0.2) is 66.7 Å². The molecule has 1 aliphatic heterocycles. The first kappa shape index (κ1) is 27.5. The number of benzene rings is 3. The Labute approximate surface area is 226 Å². The van der Waals surface area contributed by atoms with E-state index in [2.05, 4.69) is 10.6 Å². The number of β-amino-alcohol motifs (C(OH)–C–C–N with tert-alkyl or cyclic N) is 1. The number of hydrogen-bond donors (Lipinski definition) is 4. The lowest BCUT2D eigenvalue weighted by molar-refractivity contribution is -0.132. The number of carboxylic acids is 1. The molecule has 0 radical (unpaired) electrons. The molecule has 0 aliphatic carbocycles. The molecule has 2 atom stereocenters. The third-order valence-corrected chi connectivity index (χ3v) is 6.52. The van der Waals surface area contributed by atoms with Crippen LogP contribution in [0, 0.1) is 6.92 Å². The predicted octanol–water partition coefficient (Wildman–Crippen LogP) is 3.93. The van der Waals surface area contributed by atoms with Gasteiger partial charge in [-0.25, -0.2) is 9.59 Å². The minimum absolute atomic E-state index is 0.0720. The Morgan fingerprint density at radius 1 is 1.00 bits per heavy atom. The Balaban J connectivity index is 1.37. The average Bonchev–Trinajstić information content (AvgIpc) is 3.30. The van der Waals surface area contributed by atoms with E-state index in [0.717, 1.165) is 5.56 Å². The number of hydrogen-bond acceptors (Lipinski definition) is 6. The van der Waals surface area contributed by atoms with Crippen LogP contribution in [0.1, 0.15) is 27.9 Å². The fourth-order valence-corrected chi connectivity index (χ4v) is 4.46. The van der Waals surface area contributed by atoms with E-state index in [0.29, 0.717) is 34.9 Å². The van der Waals surface area contributed by atoms with Crippen LogP contribution in [-0.2, 0) is 11.2 Å². The molecule has 0 bridgehead atoms. The van der Waals surface area contributed by atoms with Gasteiger partial charge in [0.2, 0.25) is 5.91 Å². The zero-order valence-electron chi connectivity index (χ0n) is 21.7. The van der Waals surface area contributed by atoms with E-state index in [-0.39, 0.29) is 37.1 Å². The van der Waals surface area contributed by atoms with E-state index in [1.54, 1.807) is 35.2 Å². The molecule has 3 aromatic carbocycles. The molecule has 0 spiro atoms. The van der Waals surface area contributed by atoms with Crippen LogP contribution in [0.2, 0.25) is 0 Å². The largest absolute Gasteiger partial charge is 0.495 e. The summed E-state index contributed by atoms with van der Waals surface area (Å²) in [6.45, 7) is 2.26. The van der Waals surface area contributed by atoms with Crippen molar-refractivity contribution in [3.05, 3.63) is 83.4 Å². The van der Waals surface area contributed by atoms with E-state index in [4.69, 9.17) is 14.6 Å². The van der Waals surface area contributed by atoms with Crippen molar-refractivity contribution in [3.63, 3.8) is 0 Å². The minimum Gasteiger partial charge on any atom is -0.495 e. The number of nitrogens with one attached hydrogen (secondary N) is 2. The molecular weight excluding hydrogens is 502 g/mol. The first-order valence-electron chi connectivity index (χ1n) is 12.5. The van der Waals surface area contributed by atoms with Crippen molar-refractivity contribution >= 4 is 29.3 Å². The molecule has 39 heavy (non-hydrogen) atoms. The molecule has 1 heterocycles. The Bertz CT molecular complexity index is 1340. The van der Waals surface area contributed by atoms with Gasteiger partial charge in [-0.1, -0.05) is 24.3 Å². The zero-order valence-corrected chi connectivity index (χ0v) is 21.7. The van der Waals surface area contributed by atoms with E-state index < -0.39 is 18.1 Å². The number of aliphatic hydroxyl groups excluding tert-OH is 1. The molecule has 4 rings (SSSR count). The summed E-state index contributed by atoms with van der Waals surface area (Å²) in [7, 11) is 1.48. The number of aromatic carboxylic acids is 1. The number of methoxy groups -OCH3 is 1.